The molecule has 0 amide bonds. The number of allylic oxidation sites excluding steroid dienone is 1. The van der Waals surface area contributed by atoms with Crippen molar-refractivity contribution in [2.75, 3.05) is 0 Å². The highest BCUT2D eigenvalue weighted by Crippen LogP contribution is 2.11. The third kappa shape index (κ3) is 13.2. The van der Waals surface area contributed by atoms with E-state index in [1.54, 1.807) is 0 Å². The van der Waals surface area contributed by atoms with Gasteiger partial charge in [-0.2, -0.15) is 0 Å². The lowest BCUT2D eigenvalue weighted by molar-refractivity contribution is -0.153. The Labute approximate surface area is 140 Å². The van der Waals surface area contributed by atoms with Crippen molar-refractivity contribution in [1.82, 2.24) is 0 Å². The van der Waals surface area contributed by atoms with E-state index < -0.39 is 18.2 Å². The maximum Gasteiger partial charge on any atom is 0.335 e. The Hall–Kier alpha value is -0.910. The van der Waals surface area contributed by atoms with Crippen LogP contribution in [-0.2, 0) is 4.79 Å². The molecular weight excluding hydrogens is 296 g/mol. The van der Waals surface area contributed by atoms with Crippen LogP contribution in [0.2, 0.25) is 0 Å². The van der Waals surface area contributed by atoms with E-state index in [4.69, 9.17) is 10.2 Å². The van der Waals surface area contributed by atoms with Gasteiger partial charge in [0.05, 0.1) is 12.2 Å². The van der Waals surface area contributed by atoms with Crippen molar-refractivity contribution in [3.63, 3.8) is 0 Å². The van der Waals surface area contributed by atoms with Gasteiger partial charge < -0.3 is 20.4 Å². The molecular formula is C18H34O5. The first-order valence-corrected chi connectivity index (χ1v) is 8.91. The molecule has 0 heterocycles. The topological polar surface area (TPSA) is 98.0 Å². The van der Waals surface area contributed by atoms with Crippen LogP contribution in [0.15, 0.2) is 12.2 Å². The molecule has 0 aliphatic heterocycles. The van der Waals surface area contributed by atoms with Crippen LogP contribution >= 0.6 is 0 Å². The summed E-state index contributed by atoms with van der Waals surface area (Å²) in [6.07, 6.45) is 11.0. The second kappa shape index (κ2) is 14.7. The molecule has 0 aromatic carbocycles. The Morgan fingerprint density at radius 2 is 1.57 bits per heavy atom. The van der Waals surface area contributed by atoms with Gasteiger partial charge in [-0.15, -0.1) is 0 Å². The van der Waals surface area contributed by atoms with E-state index >= 15 is 0 Å². The minimum atomic E-state index is -1.69. The minimum absolute atomic E-state index is 0.240. The van der Waals surface area contributed by atoms with Crippen molar-refractivity contribution in [3.8, 4) is 0 Å². The first-order valence-electron chi connectivity index (χ1n) is 8.91. The third-order valence-corrected chi connectivity index (χ3v) is 3.95. The summed E-state index contributed by atoms with van der Waals surface area (Å²) in [6, 6.07) is 0. The van der Waals surface area contributed by atoms with E-state index in [1.807, 2.05) is 6.08 Å². The van der Waals surface area contributed by atoms with Gasteiger partial charge >= 0.3 is 5.97 Å². The van der Waals surface area contributed by atoms with Crippen LogP contribution < -0.4 is 0 Å². The molecule has 0 rings (SSSR count). The van der Waals surface area contributed by atoms with Crippen molar-refractivity contribution in [2.45, 2.75) is 95.9 Å². The second-order valence-electron chi connectivity index (χ2n) is 6.20. The molecule has 0 aliphatic rings. The fourth-order valence-corrected chi connectivity index (χ4v) is 2.41. The molecule has 5 nitrogen and oxygen atoms in total. The highest BCUT2D eigenvalue weighted by Gasteiger charge is 2.22. The van der Waals surface area contributed by atoms with E-state index in [0.29, 0.717) is 19.3 Å². The van der Waals surface area contributed by atoms with Gasteiger partial charge in [0.15, 0.2) is 6.10 Å². The molecule has 0 aromatic rings. The molecule has 0 fully saturated rings. The quantitative estimate of drug-likeness (QED) is 0.273. The summed E-state index contributed by atoms with van der Waals surface area (Å²) in [5.74, 6) is -1.38. The lowest BCUT2D eigenvalue weighted by atomic mass is 10.0. The van der Waals surface area contributed by atoms with E-state index in [9.17, 15) is 15.0 Å². The number of carboxylic acids is 1. The molecule has 0 spiro atoms. The Morgan fingerprint density at radius 1 is 0.913 bits per heavy atom. The van der Waals surface area contributed by atoms with Crippen LogP contribution in [0.4, 0.5) is 0 Å². The highest BCUT2D eigenvalue weighted by atomic mass is 16.4. The summed E-state index contributed by atoms with van der Waals surface area (Å²) >= 11 is 0. The van der Waals surface area contributed by atoms with Crippen molar-refractivity contribution >= 4 is 5.97 Å². The predicted molar refractivity (Wildman–Crippen MR) is 91.3 cm³/mol. The SMILES string of the molecule is CCCCCC[C@@H](O)C/C=C\CCCCCC(O)C(O)C(=O)O. The lowest BCUT2D eigenvalue weighted by Gasteiger charge is -2.13. The van der Waals surface area contributed by atoms with E-state index in [2.05, 4.69) is 13.0 Å². The van der Waals surface area contributed by atoms with Crippen LogP contribution in [0.1, 0.15) is 77.6 Å². The Bertz CT molecular complexity index is 317. The van der Waals surface area contributed by atoms with Gasteiger partial charge in [-0.25, -0.2) is 4.79 Å². The molecule has 136 valence electrons. The Balaban J connectivity index is 3.48. The summed E-state index contributed by atoms with van der Waals surface area (Å²) in [4.78, 5) is 10.5. The number of unbranched alkanes of at least 4 members (excludes halogenated alkanes) is 6. The first-order chi connectivity index (χ1) is 11.0. The molecule has 4 N–H and O–H groups in total. The van der Waals surface area contributed by atoms with E-state index in [-0.39, 0.29) is 6.10 Å². The number of carbonyl (C=O) groups is 1. The molecule has 3 atom stereocenters. The minimum Gasteiger partial charge on any atom is -0.479 e. The van der Waals surface area contributed by atoms with Crippen LogP contribution in [0, 0.1) is 0 Å². The van der Waals surface area contributed by atoms with Crippen molar-refractivity contribution < 1.29 is 25.2 Å². The number of carboxylic acid groups (broad SMARTS) is 1. The van der Waals surface area contributed by atoms with Crippen LogP contribution in [0.25, 0.3) is 0 Å². The smallest absolute Gasteiger partial charge is 0.335 e. The summed E-state index contributed by atoms with van der Waals surface area (Å²) in [5.41, 5.74) is 0. The van der Waals surface area contributed by atoms with Gasteiger partial charge in [0.2, 0.25) is 0 Å². The predicted octanol–water partition coefficient (Wildman–Crippen LogP) is 3.02. The molecule has 0 aromatic heterocycles. The van der Waals surface area contributed by atoms with Gasteiger partial charge in [-0.1, -0.05) is 57.6 Å². The first kappa shape index (κ1) is 22.1. The normalized spacial score (nSPS) is 15.7. The zero-order chi connectivity index (χ0) is 17.5. The number of aliphatic hydroxyl groups is 3. The molecule has 0 radical (unpaired) electrons. The Morgan fingerprint density at radius 3 is 2.22 bits per heavy atom. The number of hydrogen-bond donors (Lipinski definition) is 4. The largest absolute Gasteiger partial charge is 0.479 e. The van der Waals surface area contributed by atoms with Crippen LogP contribution in [0.5, 0.6) is 0 Å². The van der Waals surface area contributed by atoms with Gasteiger partial charge in [-0.3, -0.25) is 0 Å². The third-order valence-electron chi connectivity index (χ3n) is 3.95. The van der Waals surface area contributed by atoms with Gasteiger partial charge in [-0.05, 0) is 32.1 Å². The molecule has 5 heteroatoms. The number of aliphatic hydroxyl groups excluding tert-OH is 3. The fraction of sp³-hybridized carbons (Fsp3) is 0.833. The number of aliphatic carboxylic acids is 1. The number of rotatable bonds is 15. The van der Waals surface area contributed by atoms with Crippen LogP contribution in [-0.4, -0.2) is 44.7 Å². The van der Waals surface area contributed by atoms with Gasteiger partial charge in [0, 0.05) is 0 Å². The molecule has 0 saturated heterocycles. The molecule has 0 saturated carbocycles. The standard InChI is InChI=1S/C18H34O5/c1-2-3-4-9-12-15(19)13-10-7-5-6-8-11-14-16(20)17(21)18(22)23/h7,10,15-17,19-21H,2-6,8-9,11-14H2,1H3,(H,22,23)/b10-7-/t15-,16?,17?/m1/s1. The van der Waals surface area contributed by atoms with E-state index in [0.717, 1.165) is 32.1 Å². The van der Waals surface area contributed by atoms with Gasteiger partial charge in [0.1, 0.15) is 0 Å². The highest BCUT2D eigenvalue weighted by molar-refractivity contribution is 5.72. The van der Waals surface area contributed by atoms with E-state index in [1.165, 1.54) is 19.3 Å². The molecule has 0 bridgehead atoms. The maximum atomic E-state index is 10.5. The van der Waals surface area contributed by atoms with Gasteiger partial charge in [0.25, 0.3) is 0 Å². The maximum absolute atomic E-state index is 10.5. The van der Waals surface area contributed by atoms with Crippen molar-refractivity contribution in [3.05, 3.63) is 12.2 Å². The molecule has 2 unspecified atom stereocenters. The summed E-state index contributed by atoms with van der Waals surface area (Å²) in [6.45, 7) is 2.17. The van der Waals surface area contributed by atoms with Crippen molar-refractivity contribution in [1.29, 1.82) is 0 Å². The number of hydrogen-bond acceptors (Lipinski definition) is 4. The monoisotopic (exact) mass is 330 g/mol. The fourth-order valence-electron chi connectivity index (χ4n) is 2.41. The van der Waals surface area contributed by atoms with Crippen molar-refractivity contribution in [2.24, 2.45) is 0 Å². The Kier molecular flexibility index (Phi) is 14.1. The summed E-state index contributed by atoms with van der Waals surface area (Å²) < 4.78 is 0. The van der Waals surface area contributed by atoms with Crippen LogP contribution in [0.3, 0.4) is 0 Å². The zero-order valence-corrected chi connectivity index (χ0v) is 14.4. The average molecular weight is 330 g/mol. The summed E-state index contributed by atoms with van der Waals surface area (Å²) in [7, 11) is 0. The molecule has 0 aliphatic carbocycles. The lowest BCUT2D eigenvalue weighted by Crippen LogP contribution is -2.33. The molecule has 23 heavy (non-hydrogen) atoms. The summed E-state index contributed by atoms with van der Waals surface area (Å²) in [5, 5.41) is 36.9. The average Bonchev–Trinajstić information content (AvgIpc) is 2.52. The second-order valence-corrected chi connectivity index (χ2v) is 6.20. The zero-order valence-electron chi connectivity index (χ0n) is 14.4.